The van der Waals surface area contributed by atoms with Crippen LogP contribution in [-0.4, -0.2) is 38.8 Å². The van der Waals surface area contributed by atoms with E-state index in [2.05, 4.69) is 32.7 Å². The maximum Gasteiger partial charge on any atom is 0.315 e. The Labute approximate surface area is 123 Å². The van der Waals surface area contributed by atoms with Crippen LogP contribution in [-0.2, 0) is 4.79 Å². The minimum absolute atomic E-state index is 0.0379. The zero-order valence-corrected chi connectivity index (χ0v) is 12.6. The van der Waals surface area contributed by atoms with Gasteiger partial charge in [-0.05, 0) is 19.8 Å². The lowest BCUT2D eigenvalue weighted by atomic mass is 10.1. The van der Waals surface area contributed by atoms with Crippen LogP contribution in [0.2, 0.25) is 0 Å². The van der Waals surface area contributed by atoms with Crippen LogP contribution in [0.3, 0.4) is 0 Å². The number of urea groups is 1. The molecule has 0 spiro atoms. The third kappa shape index (κ3) is 5.80. The van der Waals surface area contributed by atoms with Crippen molar-refractivity contribution in [2.45, 2.75) is 52.0 Å². The summed E-state index contributed by atoms with van der Waals surface area (Å²) in [5, 5.41) is 20.8. The van der Waals surface area contributed by atoms with Gasteiger partial charge < -0.3 is 15.7 Å². The van der Waals surface area contributed by atoms with Crippen molar-refractivity contribution in [2.24, 2.45) is 0 Å². The molecule has 0 aliphatic rings. The van der Waals surface area contributed by atoms with Crippen LogP contribution in [0.25, 0.3) is 0 Å². The molecule has 1 aromatic rings. The third-order valence-corrected chi connectivity index (χ3v) is 3.18. The van der Waals surface area contributed by atoms with E-state index >= 15 is 0 Å². The monoisotopic (exact) mass is 297 g/mol. The molecule has 0 aromatic carbocycles. The molecule has 0 saturated carbocycles. The van der Waals surface area contributed by atoms with Crippen molar-refractivity contribution >= 4 is 12.0 Å². The number of aromatic amines is 1. The topological polar surface area (TPSA) is 120 Å². The van der Waals surface area contributed by atoms with Crippen LogP contribution in [0.1, 0.15) is 63.6 Å². The van der Waals surface area contributed by atoms with Crippen LogP contribution in [0, 0.1) is 0 Å². The summed E-state index contributed by atoms with van der Waals surface area (Å²) in [5.41, 5.74) is 0. The summed E-state index contributed by atoms with van der Waals surface area (Å²) in [7, 11) is 0. The highest BCUT2D eigenvalue weighted by Crippen LogP contribution is 2.15. The van der Waals surface area contributed by atoms with Gasteiger partial charge in [0.15, 0.2) is 5.82 Å². The Morgan fingerprint density at radius 1 is 1.38 bits per heavy atom. The zero-order valence-electron chi connectivity index (χ0n) is 12.6. The summed E-state index contributed by atoms with van der Waals surface area (Å²) >= 11 is 0. The second-order valence-electron chi connectivity index (χ2n) is 5.01. The fraction of sp³-hybridized carbons (Fsp3) is 0.692. The maximum absolute atomic E-state index is 11.6. The van der Waals surface area contributed by atoms with Crippen LogP contribution in [0.4, 0.5) is 4.79 Å². The number of nitrogens with zero attached hydrogens (tertiary/aromatic N) is 2. The predicted molar refractivity (Wildman–Crippen MR) is 76.9 cm³/mol. The van der Waals surface area contributed by atoms with Gasteiger partial charge in [-0.1, -0.05) is 13.8 Å². The molecule has 8 nitrogen and oxygen atoms in total. The number of carboxylic acids is 1. The van der Waals surface area contributed by atoms with Gasteiger partial charge in [-0.3, -0.25) is 9.89 Å². The summed E-state index contributed by atoms with van der Waals surface area (Å²) in [5.74, 6) is 0.742. The molecule has 2 unspecified atom stereocenters. The number of hydrogen-bond donors (Lipinski definition) is 4. The normalized spacial score (nSPS) is 13.5. The minimum Gasteiger partial charge on any atom is -0.481 e. The molecule has 2 atom stereocenters. The first-order valence-corrected chi connectivity index (χ1v) is 7.12. The number of amides is 2. The lowest BCUT2D eigenvalue weighted by Crippen LogP contribution is -2.38. The largest absolute Gasteiger partial charge is 0.481 e. The number of aromatic nitrogens is 3. The van der Waals surface area contributed by atoms with E-state index < -0.39 is 5.97 Å². The van der Waals surface area contributed by atoms with E-state index in [0.29, 0.717) is 18.8 Å². The molecule has 2 amide bonds. The van der Waals surface area contributed by atoms with Crippen molar-refractivity contribution < 1.29 is 14.7 Å². The van der Waals surface area contributed by atoms with Gasteiger partial charge in [0.05, 0.1) is 6.04 Å². The third-order valence-electron chi connectivity index (χ3n) is 3.18. The minimum atomic E-state index is -0.871. The van der Waals surface area contributed by atoms with Crippen molar-refractivity contribution in [1.29, 1.82) is 0 Å². The lowest BCUT2D eigenvalue weighted by molar-refractivity contribution is -0.137. The average molecular weight is 297 g/mol. The van der Waals surface area contributed by atoms with Crippen molar-refractivity contribution in [1.82, 2.24) is 25.8 Å². The zero-order chi connectivity index (χ0) is 15.8. The van der Waals surface area contributed by atoms with Crippen LogP contribution >= 0.6 is 0 Å². The van der Waals surface area contributed by atoms with Gasteiger partial charge in [-0.2, -0.15) is 5.10 Å². The fourth-order valence-corrected chi connectivity index (χ4v) is 1.64. The van der Waals surface area contributed by atoms with Crippen molar-refractivity contribution in [2.75, 3.05) is 6.54 Å². The Morgan fingerprint density at radius 2 is 2.10 bits per heavy atom. The molecule has 8 heteroatoms. The van der Waals surface area contributed by atoms with E-state index in [1.807, 2.05) is 6.92 Å². The smallest absolute Gasteiger partial charge is 0.315 e. The maximum atomic E-state index is 11.6. The average Bonchev–Trinajstić information content (AvgIpc) is 2.92. The summed E-state index contributed by atoms with van der Waals surface area (Å²) in [6.07, 6.45) is 1.39. The Balaban J connectivity index is 2.38. The Kier molecular flexibility index (Phi) is 6.64. The number of nitrogens with one attached hydrogen (secondary N) is 3. The van der Waals surface area contributed by atoms with Crippen LogP contribution in [0.5, 0.6) is 0 Å². The Bertz CT molecular complexity index is 474. The van der Waals surface area contributed by atoms with Gasteiger partial charge in [0.25, 0.3) is 0 Å². The molecule has 0 aliphatic heterocycles. The first-order chi connectivity index (χ1) is 9.93. The highest BCUT2D eigenvalue weighted by molar-refractivity contribution is 5.74. The van der Waals surface area contributed by atoms with Crippen LogP contribution < -0.4 is 10.6 Å². The number of carboxylic acid groups (broad SMARTS) is 1. The molecule has 0 radical (unpaired) electrons. The molecule has 4 N–H and O–H groups in total. The summed E-state index contributed by atoms with van der Waals surface area (Å²) in [6, 6.07) is -0.649. The SMILES string of the molecule is CCC(C)c1n[nH]c(C(C)NC(=O)NCCCC(=O)O)n1. The molecule has 1 heterocycles. The highest BCUT2D eigenvalue weighted by atomic mass is 16.4. The van der Waals surface area contributed by atoms with Gasteiger partial charge in [-0.25, -0.2) is 9.78 Å². The predicted octanol–water partition coefficient (Wildman–Crippen LogP) is 1.54. The van der Waals surface area contributed by atoms with E-state index in [1.165, 1.54) is 0 Å². The molecule has 0 bridgehead atoms. The standard InChI is InChI=1S/C13H23N5O3/c1-4-8(2)11-16-12(18-17-11)9(3)15-13(21)14-7-5-6-10(19)20/h8-9H,4-7H2,1-3H3,(H,19,20)(H2,14,15,21)(H,16,17,18). The summed E-state index contributed by atoms with van der Waals surface area (Å²) < 4.78 is 0. The fourth-order valence-electron chi connectivity index (χ4n) is 1.64. The number of aliphatic carboxylic acids is 1. The van der Waals surface area contributed by atoms with E-state index in [0.717, 1.165) is 12.2 Å². The lowest BCUT2D eigenvalue weighted by Gasteiger charge is -2.12. The number of rotatable bonds is 8. The van der Waals surface area contributed by atoms with Crippen molar-refractivity contribution in [3.8, 4) is 0 Å². The van der Waals surface area contributed by atoms with E-state index in [4.69, 9.17) is 5.11 Å². The molecule has 21 heavy (non-hydrogen) atoms. The molecule has 0 fully saturated rings. The van der Waals surface area contributed by atoms with Gasteiger partial charge in [-0.15, -0.1) is 0 Å². The van der Waals surface area contributed by atoms with Gasteiger partial charge in [0.2, 0.25) is 0 Å². The Hall–Kier alpha value is -2.12. The van der Waals surface area contributed by atoms with Gasteiger partial charge in [0.1, 0.15) is 5.82 Å². The molecule has 1 aromatic heterocycles. The van der Waals surface area contributed by atoms with E-state index in [-0.39, 0.29) is 24.4 Å². The van der Waals surface area contributed by atoms with Gasteiger partial charge in [0, 0.05) is 18.9 Å². The molecular weight excluding hydrogens is 274 g/mol. The molecule has 0 aliphatic carbocycles. The number of carbonyl (C=O) groups is 2. The summed E-state index contributed by atoms with van der Waals surface area (Å²) in [6.45, 7) is 6.23. The van der Waals surface area contributed by atoms with Crippen molar-refractivity contribution in [3.05, 3.63) is 11.6 Å². The van der Waals surface area contributed by atoms with Crippen LogP contribution in [0.15, 0.2) is 0 Å². The van der Waals surface area contributed by atoms with Crippen molar-refractivity contribution in [3.63, 3.8) is 0 Å². The second-order valence-corrected chi connectivity index (χ2v) is 5.01. The van der Waals surface area contributed by atoms with E-state index in [9.17, 15) is 9.59 Å². The first-order valence-electron chi connectivity index (χ1n) is 7.12. The second kappa shape index (κ2) is 8.23. The summed E-state index contributed by atoms with van der Waals surface area (Å²) in [4.78, 5) is 26.3. The van der Waals surface area contributed by atoms with Gasteiger partial charge >= 0.3 is 12.0 Å². The number of carbonyl (C=O) groups excluding carboxylic acids is 1. The highest BCUT2D eigenvalue weighted by Gasteiger charge is 2.15. The molecule has 1 rings (SSSR count). The molecule has 0 saturated heterocycles. The quantitative estimate of drug-likeness (QED) is 0.542. The van der Waals surface area contributed by atoms with E-state index in [1.54, 1.807) is 6.92 Å². The number of H-pyrrole nitrogens is 1. The molecular formula is C13H23N5O3. The molecule has 118 valence electrons. The number of hydrogen-bond acceptors (Lipinski definition) is 4. The first kappa shape index (κ1) is 16.9. The Morgan fingerprint density at radius 3 is 2.71 bits per heavy atom.